The maximum absolute atomic E-state index is 12.2. The van der Waals surface area contributed by atoms with Crippen molar-refractivity contribution in [3.8, 4) is 0 Å². The zero-order valence-corrected chi connectivity index (χ0v) is 12.0. The molecule has 0 saturated heterocycles. The van der Waals surface area contributed by atoms with Crippen molar-refractivity contribution in [2.45, 2.75) is 18.9 Å². The lowest BCUT2D eigenvalue weighted by atomic mass is 10.2. The third kappa shape index (κ3) is 3.58. The second-order valence-electron chi connectivity index (χ2n) is 5.01. The molecule has 0 atom stereocenters. The average molecular weight is 283 g/mol. The van der Waals surface area contributed by atoms with Gasteiger partial charge < -0.3 is 15.5 Å². The van der Waals surface area contributed by atoms with Crippen molar-refractivity contribution in [1.82, 2.24) is 14.8 Å². The highest BCUT2D eigenvalue weighted by molar-refractivity contribution is 6.29. The van der Waals surface area contributed by atoms with Crippen LogP contribution in [0.15, 0.2) is 12.1 Å². The summed E-state index contributed by atoms with van der Waals surface area (Å²) in [5.41, 5.74) is 6.12. The van der Waals surface area contributed by atoms with Crippen LogP contribution in [-0.2, 0) is 0 Å². The average Bonchev–Trinajstić information content (AvgIpc) is 3.19. The third-order valence-electron chi connectivity index (χ3n) is 3.43. The maximum atomic E-state index is 12.2. The molecule has 2 N–H and O–H groups in total. The number of hydrogen-bond donors (Lipinski definition) is 1. The van der Waals surface area contributed by atoms with E-state index in [2.05, 4.69) is 16.9 Å². The molecule has 1 heterocycles. The highest BCUT2D eigenvalue weighted by atomic mass is 35.5. The van der Waals surface area contributed by atoms with Gasteiger partial charge >= 0.3 is 0 Å². The molecule has 6 heteroatoms. The maximum Gasteiger partial charge on any atom is 0.257 e. The minimum atomic E-state index is -0.120. The molecule has 104 valence electrons. The summed E-state index contributed by atoms with van der Waals surface area (Å²) in [6.07, 6.45) is 2.53. The molecular formula is C13H19ClN4O. The number of likely N-dealkylation sites (N-methyl/N-ethyl adjacent to an activating group) is 2. The van der Waals surface area contributed by atoms with E-state index in [1.807, 2.05) is 0 Å². The lowest BCUT2D eigenvalue weighted by molar-refractivity contribution is 0.0782. The Morgan fingerprint density at radius 3 is 2.68 bits per heavy atom. The van der Waals surface area contributed by atoms with Gasteiger partial charge in [-0.2, -0.15) is 0 Å². The smallest absolute Gasteiger partial charge is 0.257 e. The topological polar surface area (TPSA) is 62.5 Å². The van der Waals surface area contributed by atoms with Crippen LogP contribution in [-0.4, -0.2) is 53.9 Å². The Hall–Kier alpha value is -1.33. The number of nitrogens with zero attached hydrogens (tertiary/aromatic N) is 3. The molecule has 0 unspecified atom stereocenters. The van der Waals surface area contributed by atoms with E-state index in [9.17, 15) is 4.79 Å². The zero-order valence-electron chi connectivity index (χ0n) is 11.3. The normalized spacial score (nSPS) is 14.7. The van der Waals surface area contributed by atoms with Gasteiger partial charge in [0, 0.05) is 26.2 Å². The van der Waals surface area contributed by atoms with Crippen LogP contribution in [0.5, 0.6) is 0 Å². The predicted octanol–water partition coefficient (Wildman–Crippen LogP) is 1.48. The Morgan fingerprint density at radius 1 is 1.42 bits per heavy atom. The van der Waals surface area contributed by atoms with Crippen molar-refractivity contribution in [2.75, 3.05) is 32.9 Å². The largest absolute Gasteiger partial charge is 0.383 e. The van der Waals surface area contributed by atoms with Crippen molar-refractivity contribution >= 4 is 23.3 Å². The molecule has 1 aromatic heterocycles. The third-order valence-corrected chi connectivity index (χ3v) is 3.64. The van der Waals surface area contributed by atoms with E-state index in [4.69, 9.17) is 17.3 Å². The van der Waals surface area contributed by atoms with Gasteiger partial charge in [-0.05, 0) is 32.0 Å². The number of anilines is 1. The molecule has 0 radical (unpaired) electrons. The number of amides is 1. The molecule has 0 aromatic carbocycles. The van der Waals surface area contributed by atoms with Crippen LogP contribution in [0.25, 0.3) is 0 Å². The van der Waals surface area contributed by atoms with Gasteiger partial charge in [0.05, 0.1) is 5.56 Å². The van der Waals surface area contributed by atoms with E-state index in [1.165, 1.54) is 12.8 Å². The number of nitrogen functional groups attached to an aromatic ring is 1. The first-order valence-corrected chi connectivity index (χ1v) is 6.74. The van der Waals surface area contributed by atoms with Crippen molar-refractivity contribution in [2.24, 2.45) is 0 Å². The summed E-state index contributed by atoms with van der Waals surface area (Å²) in [5, 5.41) is 0.296. The van der Waals surface area contributed by atoms with Gasteiger partial charge in [-0.25, -0.2) is 4.98 Å². The summed E-state index contributed by atoms with van der Waals surface area (Å²) in [5.74, 6) is 0.0609. The van der Waals surface area contributed by atoms with Crippen molar-refractivity contribution in [3.63, 3.8) is 0 Å². The van der Waals surface area contributed by atoms with Crippen LogP contribution in [0.4, 0.5) is 5.82 Å². The first kappa shape index (κ1) is 14.1. The SMILES string of the molecule is CN(CCN(C)C1CC1)C(=O)c1ccc(Cl)nc1N. The molecule has 5 nitrogen and oxygen atoms in total. The minimum absolute atomic E-state index is 0.120. The second kappa shape index (κ2) is 5.75. The quantitative estimate of drug-likeness (QED) is 0.831. The summed E-state index contributed by atoms with van der Waals surface area (Å²) < 4.78 is 0. The number of nitrogens with two attached hydrogens (primary N) is 1. The van der Waals surface area contributed by atoms with Crippen LogP contribution in [0.3, 0.4) is 0 Å². The molecule has 1 saturated carbocycles. The van der Waals surface area contributed by atoms with Gasteiger partial charge in [0.2, 0.25) is 0 Å². The van der Waals surface area contributed by atoms with E-state index in [-0.39, 0.29) is 11.7 Å². The first-order valence-electron chi connectivity index (χ1n) is 6.36. The van der Waals surface area contributed by atoms with E-state index in [0.717, 1.165) is 6.54 Å². The Bertz CT molecular complexity index is 476. The fraction of sp³-hybridized carbons (Fsp3) is 0.538. The fourth-order valence-electron chi connectivity index (χ4n) is 1.94. The highest BCUT2D eigenvalue weighted by Crippen LogP contribution is 2.24. The van der Waals surface area contributed by atoms with Crippen molar-refractivity contribution in [1.29, 1.82) is 0 Å². The molecule has 1 fully saturated rings. The summed E-state index contributed by atoms with van der Waals surface area (Å²) in [6.45, 7) is 1.54. The molecule has 1 aliphatic rings. The van der Waals surface area contributed by atoms with Crippen LogP contribution in [0.2, 0.25) is 5.15 Å². The van der Waals surface area contributed by atoms with Crippen LogP contribution >= 0.6 is 11.6 Å². The Balaban J connectivity index is 1.93. The lowest BCUT2D eigenvalue weighted by Gasteiger charge is -2.22. The molecule has 0 spiro atoms. The van der Waals surface area contributed by atoms with Crippen LogP contribution < -0.4 is 5.73 Å². The number of rotatable bonds is 5. The molecule has 19 heavy (non-hydrogen) atoms. The summed E-state index contributed by atoms with van der Waals surface area (Å²) in [4.78, 5) is 20.1. The first-order chi connectivity index (χ1) is 8.99. The molecule has 1 amide bonds. The standard InChI is InChI=1S/C13H19ClN4O/c1-17(9-3-4-9)7-8-18(2)13(19)10-5-6-11(14)16-12(10)15/h5-6,9H,3-4,7-8H2,1-2H3,(H2,15,16). The number of carbonyl (C=O) groups is 1. The van der Waals surface area contributed by atoms with E-state index in [0.29, 0.717) is 23.3 Å². The number of carbonyl (C=O) groups excluding carboxylic acids is 1. The lowest BCUT2D eigenvalue weighted by Crippen LogP contribution is -2.36. The Morgan fingerprint density at radius 2 is 2.11 bits per heavy atom. The van der Waals surface area contributed by atoms with E-state index in [1.54, 1.807) is 24.1 Å². The van der Waals surface area contributed by atoms with Gasteiger partial charge in [-0.15, -0.1) is 0 Å². The van der Waals surface area contributed by atoms with Gasteiger partial charge in [-0.1, -0.05) is 11.6 Å². The molecular weight excluding hydrogens is 264 g/mol. The predicted molar refractivity (Wildman–Crippen MR) is 76.3 cm³/mol. The van der Waals surface area contributed by atoms with Crippen molar-refractivity contribution < 1.29 is 4.79 Å². The van der Waals surface area contributed by atoms with Gasteiger partial charge in [0.15, 0.2) is 0 Å². The Kier molecular flexibility index (Phi) is 4.27. The number of pyridine rings is 1. The van der Waals surface area contributed by atoms with Gasteiger partial charge in [0.25, 0.3) is 5.91 Å². The monoisotopic (exact) mass is 282 g/mol. The number of aromatic nitrogens is 1. The molecule has 0 bridgehead atoms. The van der Waals surface area contributed by atoms with Gasteiger partial charge in [0.1, 0.15) is 11.0 Å². The number of hydrogen-bond acceptors (Lipinski definition) is 4. The van der Waals surface area contributed by atoms with Gasteiger partial charge in [-0.3, -0.25) is 4.79 Å². The molecule has 2 rings (SSSR count). The molecule has 1 aliphatic carbocycles. The van der Waals surface area contributed by atoms with Crippen LogP contribution in [0, 0.1) is 0 Å². The number of halogens is 1. The molecule has 1 aromatic rings. The Labute approximate surface area is 118 Å². The summed E-state index contributed by atoms with van der Waals surface area (Å²) in [6, 6.07) is 3.90. The van der Waals surface area contributed by atoms with Crippen molar-refractivity contribution in [3.05, 3.63) is 22.8 Å². The summed E-state index contributed by atoms with van der Waals surface area (Å²) >= 11 is 5.72. The van der Waals surface area contributed by atoms with E-state index < -0.39 is 0 Å². The summed E-state index contributed by atoms with van der Waals surface area (Å²) in [7, 11) is 3.87. The fourth-order valence-corrected chi connectivity index (χ4v) is 2.10. The second-order valence-corrected chi connectivity index (χ2v) is 5.39. The molecule has 0 aliphatic heterocycles. The zero-order chi connectivity index (χ0) is 14.0. The van der Waals surface area contributed by atoms with E-state index >= 15 is 0 Å². The minimum Gasteiger partial charge on any atom is -0.383 e. The highest BCUT2D eigenvalue weighted by Gasteiger charge is 2.26. The van der Waals surface area contributed by atoms with Crippen LogP contribution in [0.1, 0.15) is 23.2 Å².